The lowest BCUT2D eigenvalue weighted by Crippen LogP contribution is -2.48. The maximum Gasteiger partial charge on any atom is 0.227 e. The third kappa shape index (κ3) is 3.54. The Hall–Kier alpha value is -1.68. The molecule has 2 N–H and O–H groups in total. The van der Waals surface area contributed by atoms with Crippen molar-refractivity contribution in [3.63, 3.8) is 0 Å². The van der Waals surface area contributed by atoms with E-state index in [1.54, 1.807) is 12.4 Å². The van der Waals surface area contributed by atoms with Gasteiger partial charge in [0.05, 0.1) is 17.2 Å². The minimum atomic E-state index is -1.09. The molecule has 154 valence electrons. The summed E-state index contributed by atoms with van der Waals surface area (Å²) in [7, 11) is 0. The Labute approximate surface area is 177 Å². The number of rotatable bonds is 5. The summed E-state index contributed by atoms with van der Waals surface area (Å²) in [5, 5.41) is 13.8. The maximum absolute atomic E-state index is 12.6. The van der Waals surface area contributed by atoms with Crippen molar-refractivity contribution in [3.8, 4) is 0 Å². The molecule has 2 fully saturated rings. The highest BCUT2D eigenvalue weighted by Gasteiger charge is 2.41. The third-order valence-electron chi connectivity index (χ3n) is 6.15. The largest absolute Gasteiger partial charge is 0.611 e. The van der Waals surface area contributed by atoms with E-state index in [0.29, 0.717) is 33.9 Å². The predicted molar refractivity (Wildman–Crippen MR) is 111 cm³/mol. The normalized spacial score (nSPS) is 25.0. The monoisotopic (exact) mass is 434 g/mol. The summed E-state index contributed by atoms with van der Waals surface area (Å²) >= 11 is 4.81. The molecule has 1 aliphatic carbocycles. The molecular weight excluding hydrogens is 412 g/mol. The first kappa shape index (κ1) is 19.3. The first-order valence-electron chi connectivity index (χ1n) is 9.98. The molecule has 2 aromatic heterocycles. The van der Waals surface area contributed by atoms with Crippen LogP contribution in [0.15, 0.2) is 17.3 Å². The topological polar surface area (TPSA) is 110 Å². The van der Waals surface area contributed by atoms with Crippen molar-refractivity contribution in [2.75, 3.05) is 35.7 Å². The van der Waals surface area contributed by atoms with Crippen molar-refractivity contribution >= 4 is 34.5 Å². The molecule has 3 aliphatic rings. The summed E-state index contributed by atoms with van der Waals surface area (Å²) in [6.45, 7) is 1.59. The molecule has 8 nitrogen and oxygen atoms in total. The van der Waals surface area contributed by atoms with Crippen LogP contribution in [0.3, 0.4) is 0 Å². The maximum atomic E-state index is 12.6. The van der Waals surface area contributed by atoms with Crippen molar-refractivity contribution in [3.05, 3.63) is 28.9 Å². The van der Waals surface area contributed by atoms with E-state index in [4.69, 9.17) is 21.6 Å². The minimum Gasteiger partial charge on any atom is -0.611 e. The van der Waals surface area contributed by atoms with Gasteiger partial charge in [-0.3, -0.25) is 0 Å². The fourth-order valence-corrected chi connectivity index (χ4v) is 5.68. The van der Waals surface area contributed by atoms with E-state index in [0.717, 1.165) is 50.3 Å². The molecule has 1 saturated carbocycles. The smallest absolute Gasteiger partial charge is 0.227 e. The summed E-state index contributed by atoms with van der Waals surface area (Å²) in [5.74, 6) is 2.83. The number of nitrogens with one attached hydrogen (secondary N) is 1. The standard InChI is InChI=1S/C19H23ClN6O2S/c20-13-8-21-16(22-9-13)12-2-6-26(10-12)18-23-14-3-7-29(28)15(14)17(24-18)25-19(11-27)4-1-5-19/h8-9,12,27H,1-7,10-11H2,(H,23,24,25)/t12?,29-/m1/s1. The van der Waals surface area contributed by atoms with E-state index in [2.05, 4.69) is 20.2 Å². The number of aliphatic hydroxyl groups is 1. The number of hydrogen-bond donors (Lipinski definition) is 2. The summed E-state index contributed by atoms with van der Waals surface area (Å²) < 4.78 is 12.6. The van der Waals surface area contributed by atoms with E-state index < -0.39 is 11.2 Å². The van der Waals surface area contributed by atoms with Gasteiger partial charge in [-0.2, -0.15) is 4.98 Å². The molecule has 2 aliphatic heterocycles. The fourth-order valence-electron chi connectivity index (χ4n) is 4.27. The molecule has 29 heavy (non-hydrogen) atoms. The number of aliphatic hydroxyl groups excluding tert-OH is 1. The predicted octanol–water partition coefficient (Wildman–Crippen LogP) is 1.90. The van der Waals surface area contributed by atoms with Crippen LogP contribution >= 0.6 is 11.6 Å². The molecule has 10 heteroatoms. The van der Waals surface area contributed by atoms with Gasteiger partial charge in [0.1, 0.15) is 17.3 Å². The lowest BCUT2D eigenvalue weighted by atomic mass is 9.77. The Morgan fingerprint density at radius 3 is 2.79 bits per heavy atom. The van der Waals surface area contributed by atoms with Gasteiger partial charge in [-0.05, 0) is 36.9 Å². The second kappa shape index (κ2) is 7.54. The van der Waals surface area contributed by atoms with Crippen LogP contribution in [0.5, 0.6) is 0 Å². The van der Waals surface area contributed by atoms with Crippen LogP contribution in [0.1, 0.15) is 43.1 Å². The number of anilines is 2. The van der Waals surface area contributed by atoms with Crippen LogP contribution in [-0.2, 0) is 17.6 Å². The molecule has 0 bridgehead atoms. The quantitative estimate of drug-likeness (QED) is 0.686. The summed E-state index contributed by atoms with van der Waals surface area (Å²) in [4.78, 5) is 21.1. The van der Waals surface area contributed by atoms with Crippen LogP contribution in [0.25, 0.3) is 0 Å². The van der Waals surface area contributed by atoms with Gasteiger partial charge in [-0.1, -0.05) is 11.6 Å². The molecule has 1 unspecified atom stereocenters. The highest BCUT2D eigenvalue weighted by Crippen LogP contribution is 2.39. The number of nitrogens with zero attached hydrogens (tertiary/aromatic N) is 5. The number of aromatic nitrogens is 4. The van der Waals surface area contributed by atoms with Gasteiger partial charge >= 0.3 is 0 Å². The molecule has 1 saturated heterocycles. The molecule has 5 rings (SSSR count). The van der Waals surface area contributed by atoms with Crippen molar-refractivity contribution in [2.24, 2.45) is 0 Å². The SMILES string of the molecule is [O-][S@+]1CCc2nc(N3CCC(c4ncc(Cl)cn4)C3)nc(NC3(CO)CCC3)c21. The number of hydrogen-bond acceptors (Lipinski definition) is 8. The first-order valence-corrected chi connectivity index (χ1v) is 11.7. The number of halogens is 1. The molecule has 4 heterocycles. The molecule has 2 aromatic rings. The van der Waals surface area contributed by atoms with Gasteiger partial charge in [0.15, 0.2) is 5.82 Å². The Kier molecular flexibility index (Phi) is 5.01. The van der Waals surface area contributed by atoms with Crippen LogP contribution in [-0.4, -0.2) is 60.6 Å². The lowest BCUT2D eigenvalue weighted by Gasteiger charge is -2.41. The summed E-state index contributed by atoms with van der Waals surface area (Å²) in [6, 6.07) is 0. The molecule has 0 amide bonds. The van der Waals surface area contributed by atoms with Crippen LogP contribution in [0.4, 0.5) is 11.8 Å². The van der Waals surface area contributed by atoms with Crippen molar-refractivity contribution in [1.29, 1.82) is 0 Å². The van der Waals surface area contributed by atoms with Gasteiger partial charge in [-0.25, -0.2) is 15.0 Å². The zero-order valence-corrected chi connectivity index (χ0v) is 17.5. The zero-order valence-electron chi connectivity index (χ0n) is 16.0. The van der Waals surface area contributed by atoms with Gasteiger partial charge in [0.2, 0.25) is 10.8 Å². The van der Waals surface area contributed by atoms with E-state index in [9.17, 15) is 9.66 Å². The third-order valence-corrected chi connectivity index (χ3v) is 7.80. The fraction of sp³-hybridized carbons (Fsp3) is 0.579. The summed E-state index contributed by atoms with van der Waals surface area (Å²) in [6.07, 6.45) is 7.72. The van der Waals surface area contributed by atoms with Gasteiger partial charge in [0.25, 0.3) is 0 Å². The Morgan fingerprint density at radius 2 is 2.10 bits per heavy atom. The highest BCUT2D eigenvalue weighted by molar-refractivity contribution is 7.91. The lowest BCUT2D eigenvalue weighted by molar-refractivity contribution is 0.143. The number of aryl methyl sites for hydroxylation is 1. The average Bonchev–Trinajstić information content (AvgIpc) is 3.33. The molecule has 0 radical (unpaired) electrons. The Morgan fingerprint density at radius 1 is 1.31 bits per heavy atom. The number of fused-ring (bicyclic) bond motifs is 1. The highest BCUT2D eigenvalue weighted by atomic mass is 35.5. The van der Waals surface area contributed by atoms with E-state index in [1.165, 1.54) is 0 Å². The van der Waals surface area contributed by atoms with Crippen molar-refractivity contribution in [1.82, 2.24) is 19.9 Å². The van der Waals surface area contributed by atoms with Gasteiger partial charge < -0.3 is 19.9 Å². The van der Waals surface area contributed by atoms with Gasteiger partial charge in [-0.15, -0.1) is 0 Å². The van der Waals surface area contributed by atoms with Crippen LogP contribution in [0, 0.1) is 0 Å². The molecule has 0 aromatic carbocycles. The Balaban J connectivity index is 1.42. The zero-order chi connectivity index (χ0) is 20.0. The van der Waals surface area contributed by atoms with Crippen molar-refractivity contribution < 1.29 is 9.66 Å². The summed E-state index contributed by atoms with van der Waals surface area (Å²) in [5.41, 5.74) is 0.506. The minimum absolute atomic E-state index is 0.0490. The second-order valence-electron chi connectivity index (χ2n) is 8.06. The van der Waals surface area contributed by atoms with Crippen LogP contribution in [0.2, 0.25) is 5.02 Å². The molecular formula is C19H23ClN6O2S. The van der Waals surface area contributed by atoms with Gasteiger partial charge in [0, 0.05) is 37.8 Å². The van der Waals surface area contributed by atoms with E-state index in [-0.39, 0.29) is 18.1 Å². The average molecular weight is 435 g/mol. The molecule has 0 spiro atoms. The Bertz CT molecular complexity index is 905. The van der Waals surface area contributed by atoms with Crippen molar-refractivity contribution in [2.45, 2.75) is 48.5 Å². The molecule has 2 atom stereocenters. The van der Waals surface area contributed by atoms with E-state index >= 15 is 0 Å². The van der Waals surface area contributed by atoms with Crippen LogP contribution < -0.4 is 10.2 Å². The first-order chi connectivity index (χ1) is 14.1. The van der Waals surface area contributed by atoms with E-state index in [1.807, 2.05) is 0 Å². The second-order valence-corrected chi connectivity index (χ2v) is 10.00.